The number of aromatic nitrogens is 2. The van der Waals surface area contributed by atoms with Gasteiger partial charge in [0.05, 0.1) is 17.4 Å². The Morgan fingerprint density at radius 3 is 2.76 bits per heavy atom. The Morgan fingerprint density at radius 1 is 1.43 bits per heavy atom. The summed E-state index contributed by atoms with van der Waals surface area (Å²) >= 11 is 0. The number of carboxylic acids is 1. The lowest BCUT2D eigenvalue weighted by Gasteiger charge is -2.24. The molecule has 1 fully saturated rings. The molecule has 112 valence electrons. The highest BCUT2D eigenvalue weighted by Gasteiger charge is 2.45. The molecule has 0 spiro atoms. The van der Waals surface area contributed by atoms with Crippen LogP contribution in [0.3, 0.4) is 0 Å². The molecule has 5 heteroatoms. The number of nitrogens with one attached hydrogen (secondary N) is 1. The van der Waals surface area contributed by atoms with E-state index in [0.717, 1.165) is 17.5 Å². The third-order valence-electron chi connectivity index (χ3n) is 4.96. The van der Waals surface area contributed by atoms with Gasteiger partial charge < -0.3 is 15.0 Å². The van der Waals surface area contributed by atoms with Crippen molar-refractivity contribution in [3.63, 3.8) is 0 Å². The van der Waals surface area contributed by atoms with E-state index in [-0.39, 0.29) is 6.04 Å². The second-order valence-corrected chi connectivity index (χ2v) is 6.11. The molecule has 0 amide bonds. The molecule has 0 bridgehead atoms. The number of fused-ring (bicyclic) bond motifs is 1. The van der Waals surface area contributed by atoms with Crippen LogP contribution in [0.4, 0.5) is 0 Å². The highest BCUT2D eigenvalue weighted by molar-refractivity contribution is 5.80. The third-order valence-corrected chi connectivity index (χ3v) is 4.96. The van der Waals surface area contributed by atoms with Crippen molar-refractivity contribution in [1.29, 1.82) is 0 Å². The Labute approximate surface area is 124 Å². The van der Waals surface area contributed by atoms with Gasteiger partial charge in [0.25, 0.3) is 0 Å². The Kier molecular flexibility index (Phi) is 3.24. The van der Waals surface area contributed by atoms with Gasteiger partial charge in [-0.3, -0.25) is 4.79 Å². The summed E-state index contributed by atoms with van der Waals surface area (Å²) in [6.45, 7) is 4.18. The van der Waals surface area contributed by atoms with E-state index < -0.39 is 11.5 Å². The van der Waals surface area contributed by atoms with Crippen LogP contribution in [-0.4, -0.2) is 33.2 Å². The lowest BCUT2D eigenvalue weighted by Crippen LogP contribution is -2.48. The normalized spacial score (nSPS) is 25.6. The summed E-state index contributed by atoms with van der Waals surface area (Å²) < 4.78 is 2.14. The van der Waals surface area contributed by atoms with E-state index in [1.54, 1.807) is 7.05 Å². The van der Waals surface area contributed by atoms with Crippen LogP contribution in [0.25, 0.3) is 11.0 Å². The summed E-state index contributed by atoms with van der Waals surface area (Å²) in [5.41, 5.74) is 3.74. The van der Waals surface area contributed by atoms with Crippen LogP contribution < -0.4 is 5.32 Å². The van der Waals surface area contributed by atoms with Gasteiger partial charge in [-0.1, -0.05) is 0 Å². The minimum absolute atomic E-state index is 0.181. The predicted molar refractivity (Wildman–Crippen MR) is 81.5 cm³/mol. The van der Waals surface area contributed by atoms with Crippen LogP contribution >= 0.6 is 0 Å². The fourth-order valence-electron chi connectivity index (χ4n) is 3.36. The summed E-state index contributed by atoms with van der Waals surface area (Å²) in [6, 6.07) is 4.43. The zero-order chi connectivity index (χ0) is 15.2. The molecule has 2 atom stereocenters. The number of rotatable bonds is 3. The minimum atomic E-state index is -0.805. The molecular weight excluding hydrogens is 266 g/mol. The van der Waals surface area contributed by atoms with Gasteiger partial charge >= 0.3 is 5.97 Å². The van der Waals surface area contributed by atoms with Gasteiger partial charge in [-0.15, -0.1) is 0 Å². The fraction of sp³-hybridized carbons (Fsp3) is 0.500. The Balaban J connectivity index is 1.99. The van der Waals surface area contributed by atoms with Gasteiger partial charge in [-0.2, -0.15) is 0 Å². The van der Waals surface area contributed by atoms with Crippen molar-refractivity contribution in [2.45, 2.75) is 44.7 Å². The van der Waals surface area contributed by atoms with E-state index in [1.807, 2.05) is 6.33 Å². The summed E-state index contributed by atoms with van der Waals surface area (Å²) in [7, 11) is 1.73. The number of nitrogens with zero attached hydrogens (tertiary/aromatic N) is 2. The molecule has 2 aromatic rings. The average molecular weight is 287 g/mol. The van der Waals surface area contributed by atoms with E-state index >= 15 is 0 Å². The van der Waals surface area contributed by atoms with Crippen LogP contribution in [0.1, 0.15) is 36.4 Å². The number of carbonyl (C=O) groups is 1. The number of imidazole rings is 1. The molecule has 1 aromatic heterocycles. The lowest BCUT2D eigenvalue weighted by atomic mass is 9.98. The van der Waals surface area contributed by atoms with E-state index in [1.165, 1.54) is 11.1 Å². The number of hydrogen-bond donors (Lipinski definition) is 2. The molecule has 1 saturated carbocycles. The topological polar surface area (TPSA) is 67.2 Å². The number of aryl methyl sites for hydroxylation is 2. The first-order valence-corrected chi connectivity index (χ1v) is 7.33. The molecule has 3 rings (SSSR count). The Hall–Kier alpha value is -1.88. The molecule has 1 aromatic carbocycles. The van der Waals surface area contributed by atoms with E-state index in [4.69, 9.17) is 0 Å². The molecule has 2 unspecified atom stereocenters. The van der Waals surface area contributed by atoms with Crippen molar-refractivity contribution in [3.05, 3.63) is 29.6 Å². The van der Waals surface area contributed by atoms with Crippen molar-refractivity contribution in [3.8, 4) is 0 Å². The quantitative estimate of drug-likeness (QED) is 0.910. The van der Waals surface area contributed by atoms with E-state index in [9.17, 15) is 9.90 Å². The minimum Gasteiger partial charge on any atom is -0.480 e. The second-order valence-electron chi connectivity index (χ2n) is 6.11. The first-order chi connectivity index (χ1) is 9.97. The molecule has 0 saturated heterocycles. The largest absolute Gasteiger partial charge is 0.480 e. The summed E-state index contributed by atoms with van der Waals surface area (Å²) in [6.07, 6.45) is 3.94. The lowest BCUT2D eigenvalue weighted by molar-refractivity contribution is -0.144. The maximum atomic E-state index is 11.5. The van der Waals surface area contributed by atoms with Gasteiger partial charge in [0.2, 0.25) is 0 Å². The molecule has 5 nitrogen and oxygen atoms in total. The van der Waals surface area contributed by atoms with Gasteiger partial charge in [-0.05, 0) is 63.4 Å². The molecule has 1 aliphatic rings. The van der Waals surface area contributed by atoms with Gasteiger partial charge in [-0.25, -0.2) is 4.98 Å². The standard InChI is InChI=1S/C16H21N3O2/c1-10-6-13-14(7-11(10)2)19(9-18-13)12-4-5-16(8-12,17-3)15(20)21/h6-7,9,12,17H,4-5,8H2,1-3H3,(H,20,21). The average Bonchev–Trinajstić information content (AvgIpc) is 3.04. The zero-order valence-electron chi connectivity index (χ0n) is 12.7. The van der Waals surface area contributed by atoms with Gasteiger partial charge in [0.15, 0.2) is 0 Å². The highest BCUT2D eigenvalue weighted by atomic mass is 16.4. The third kappa shape index (κ3) is 2.12. The van der Waals surface area contributed by atoms with E-state index in [0.29, 0.717) is 12.8 Å². The monoisotopic (exact) mass is 287 g/mol. The summed E-state index contributed by atoms with van der Waals surface area (Å²) in [5.74, 6) is -0.760. The maximum absolute atomic E-state index is 11.5. The molecular formula is C16H21N3O2. The second kappa shape index (κ2) is 4.84. The number of likely N-dealkylation sites (N-methyl/N-ethyl adjacent to an activating group) is 1. The van der Waals surface area contributed by atoms with Crippen molar-refractivity contribution >= 4 is 17.0 Å². The van der Waals surface area contributed by atoms with Gasteiger partial charge in [0.1, 0.15) is 5.54 Å². The Bertz CT molecular complexity index is 707. The number of carboxylic acid groups (broad SMARTS) is 1. The van der Waals surface area contributed by atoms with Crippen molar-refractivity contribution in [1.82, 2.24) is 14.9 Å². The van der Waals surface area contributed by atoms with Crippen molar-refractivity contribution in [2.24, 2.45) is 0 Å². The number of benzene rings is 1. The molecule has 1 aliphatic carbocycles. The van der Waals surface area contributed by atoms with Crippen LogP contribution in [0.5, 0.6) is 0 Å². The fourth-order valence-corrected chi connectivity index (χ4v) is 3.36. The maximum Gasteiger partial charge on any atom is 0.323 e. The van der Waals surface area contributed by atoms with Crippen molar-refractivity contribution < 1.29 is 9.90 Å². The zero-order valence-corrected chi connectivity index (χ0v) is 12.7. The Morgan fingerprint density at radius 2 is 2.14 bits per heavy atom. The molecule has 0 aliphatic heterocycles. The van der Waals surface area contributed by atoms with Gasteiger partial charge in [0, 0.05) is 6.04 Å². The molecule has 0 radical (unpaired) electrons. The molecule has 1 heterocycles. The number of hydrogen-bond acceptors (Lipinski definition) is 3. The number of aliphatic carboxylic acids is 1. The summed E-state index contributed by atoms with van der Waals surface area (Å²) in [5, 5.41) is 12.5. The smallest absolute Gasteiger partial charge is 0.323 e. The first kappa shape index (κ1) is 14.1. The predicted octanol–water partition coefficient (Wildman–Crippen LogP) is 2.42. The highest BCUT2D eigenvalue weighted by Crippen LogP contribution is 2.39. The van der Waals surface area contributed by atoms with E-state index in [2.05, 4.69) is 40.8 Å². The van der Waals surface area contributed by atoms with Crippen LogP contribution in [0.15, 0.2) is 18.5 Å². The van der Waals surface area contributed by atoms with Crippen LogP contribution in [0.2, 0.25) is 0 Å². The SMILES string of the molecule is CNC1(C(=O)O)CCC(n2cnc3cc(C)c(C)cc32)C1. The summed E-state index contributed by atoms with van der Waals surface area (Å²) in [4.78, 5) is 16.0. The van der Waals surface area contributed by atoms with Crippen LogP contribution in [0, 0.1) is 13.8 Å². The van der Waals surface area contributed by atoms with Crippen LogP contribution in [-0.2, 0) is 4.79 Å². The first-order valence-electron chi connectivity index (χ1n) is 7.33. The molecule has 21 heavy (non-hydrogen) atoms. The van der Waals surface area contributed by atoms with Crippen molar-refractivity contribution in [2.75, 3.05) is 7.05 Å². The molecule has 2 N–H and O–H groups in total.